The van der Waals surface area contributed by atoms with E-state index in [2.05, 4.69) is 24.1 Å². The number of carbonyl (C=O) groups excluding carboxylic acids is 1. The topological polar surface area (TPSA) is 36.0 Å². The number of ether oxygens (including phenoxy) is 1. The minimum Gasteiger partial charge on any atom is -0.497 e. The molecular weight excluding hydrogens is 452 g/mol. The summed E-state index contributed by atoms with van der Waals surface area (Å²) in [6.07, 6.45) is 0. The van der Waals surface area contributed by atoms with Gasteiger partial charge in [-0.15, -0.1) is 24.8 Å². The molecule has 5 nitrogen and oxygen atoms in total. The Morgan fingerprint density at radius 2 is 1.72 bits per heavy atom. The molecule has 2 aliphatic rings. The third-order valence-corrected chi connectivity index (χ3v) is 6.48. The fraction of sp³-hybridized carbons (Fsp3) is 0.458. The molecule has 2 aromatic rings. The number of likely N-dealkylation sites (tertiary alicyclic amines) is 2. The zero-order valence-electron chi connectivity index (χ0n) is 18.7. The van der Waals surface area contributed by atoms with E-state index in [4.69, 9.17) is 4.74 Å². The molecule has 0 unspecified atom stereocenters. The maximum absolute atomic E-state index is 13.1. The van der Waals surface area contributed by atoms with E-state index in [-0.39, 0.29) is 36.5 Å². The highest BCUT2D eigenvalue weighted by Crippen LogP contribution is 2.44. The monoisotopic (exact) mass is 483 g/mol. The molecule has 0 spiro atoms. The van der Waals surface area contributed by atoms with Crippen LogP contribution in [0.2, 0.25) is 0 Å². The van der Waals surface area contributed by atoms with Crippen LogP contribution >= 0.6 is 24.8 Å². The third-order valence-electron chi connectivity index (χ3n) is 6.48. The fourth-order valence-electron chi connectivity index (χ4n) is 5.05. The number of rotatable bonds is 6. The first-order chi connectivity index (χ1) is 14.4. The van der Waals surface area contributed by atoms with Crippen LogP contribution < -0.4 is 4.74 Å². The Morgan fingerprint density at radius 3 is 2.34 bits per heavy atom. The van der Waals surface area contributed by atoms with Gasteiger partial charge in [0.1, 0.15) is 11.6 Å². The molecule has 0 aliphatic carbocycles. The van der Waals surface area contributed by atoms with Gasteiger partial charge in [-0.3, -0.25) is 14.6 Å². The minimum atomic E-state index is -0.238. The summed E-state index contributed by atoms with van der Waals surface area (Å²) in [5.74, 6) is 1.76. The second kappa shape index (κ2) is 11.3. The van der Waals surface area contributed by atoms with Gasteiger partial charge in [0.2, 0.25) is 5.91 Å². The molecule has 2 heterocycles. The maximum atomic E-state index is 13.1. The summed E-state index contributed by atoms with van der Waals surface area (Å²) in [7, 11) is 5.79. The van der Waals surface area contributed by atoms with Gasteiger partial charge >= 0.3 is 0 Å². The smallest absolute Gasteiger partial charge is 0.236 e. The summed E-state index contributed by atoms with van der Waals surface area (Å²) in [5.41, 5.74) is 2.29. The summed E-state index contributed by atoms with van der Waals surface area (Å²) < 4.78 is 18.4. The van der Waals surface area contributed by atoms with Crippen molar-refractivity contribution in [2.45, 2.75) is 12.6 Å². The zero-order valence-corrected chi connectivity index (χ0v) is 20.4. The predicted octanol–water partition coefficient (Wildman–Crippen LogP) is 3.87. The molecule has 32 heavy (non-hydrogen) atoms. The van der Waals surface area contributed by atoms with E-state index in [1.54, 1.807) is 19.2 Å². The lowest BCUT2D eigenvalue weighted by molar-refractivity contribution is -0.131. The van der Waals surface area contributed by atoms with Crippen molar-refractivity contribution in [1.82, 2.24) is 14.7 Å². The molecule has 176 valence electrons. The third kappa shape index (κ3) is 5.73. The molecule has 8 heteroatoms. The summed E-state index contributed by atoms with van der Waals surface area (Å²) in [5, 5.41) is 0. The van der Waals surface area contributed by atoms with Gasteiger partial charge in [0.25, 0.3) is 0 Å². The van der Waals surface area contributed by atoms with Crippen LogP contribution in [-0.4, -0.2) is 68.0 Å². The quantitative estimate of drug-likeness (QED) is 0.624. The highest BCUT2D eigenvalue weighted by molar-refractivity contribution is 5.85. The molecule has 0 bridgehead atoms. The van der Waals surface area contributed by atoms with E-state index >= 15 is 0 Å². The summed E-state index contributed by atoms with van der Waals surface area (Å²) in [6.45, 7) is 3.64. The Balaban J connectivity index is 0.00000181. The molecule has 2 saturated heterocycles. The highest BCUT2D eigenvalue weighted by Gasteiger charge is 2.47. The lowest BCUT2D eigenvalue weighted by Gasteiger charge is -2.28. The lowest BCUT2D eigenvalue weighted by atomic mass is 9.89. The van der Waals surface area contributed by atoms with Crippen LogP contribution in [0.25, 0.3) is 0 Å². The van der Waals surface area contributed by atoms with Crippen molar-refractivity contribution < 1.29 is 13.9 Å². The number of hydrogen-bond acceptors (Lipinski definition) is 4. The van der Waals surface area contributed by atoms with Gasteiger partial charge in [-0.05, 0) is 55.4 Å². The van der Waals surface area contributed by atoms with Crippen LogP contribution in [0.5, 0.6) is 5.75 Å². The number of hydrogen-bond donors (Lipinski definition) is 0. The Hall–Kier alpha value is -1.86. The van der Waals surface area contributed by atoms with E-state index in [9.17, 15) is 9.18 Å². The fourth-order valence-corrected chi connectivity index (χ4v) is 5.05. The molecule has 2 aliphatic heterocycles. The summed E-state index contributed by atoms with van der Waals surface area (Å²) in [4.78, 5) is 19.4. The van der Waals surface area contributed by atoms with E-state index in [1.807, 2.05) is 29.0 Å². The van der Waals surface area contributed by atoms with Gasteiger partial charge in [0, 0.05) is 38.1 Å². The molecule has 2 aromatic carbocycles. The van der Waals surface area contributed by atoms with Crippen LogP contribution in [0.1, 0.15) is 17.2 Å². The number of methoxy groups -OCH3 is 1. The van der Waals surface area contributed by atoms with E-state index in [1.165, 1.54) is 17.7 Å². The largest absolute Gasteiger partial charge is 0.497 e. The second-order valence-corrected chi connectivity index (χ2v) is 8.68. The minimum absolute atomic E-state index is 0. The first-order valence-electron chi connectivity index (χ1n) is 10.5. The molecule has 0 aromatic heterocycles. The first-order valence-corrected chi connectivity index (χ1v) is 10.5. The Bertz CT molecular complexity index is 882. The number of amides is 1. The molecule has 0 N–H and O–H groups in total. The molecule has 2 fully saturated rings. The Labute approximate surface area is 202 Å². The number of likely N-dealkylation sites (N-methyl/N-ethyl adjacent to an activating group) is 1. The number of halogens is 3. The van der Waals surface area contributed by atoms with E-state index in [0.717, 1.165) is 30.9 Å². The first kappa shape index (κ1) is 26.4. The number of fused-ring (bicyclic) bond motifs is 1. The number of benzene rings is 2. The van der Waals surface area contributed by atoms with E-state index < -0.39 is 0 Å². The van der Waals surface area contributed by atoms with Crippen molar-refractivity contribution in [3.8, 4) is 5.75 Å². The molecule has 3 atom stereocenters. The normalized spacial score (nSPS) is 22.3. The van der Waals surface area contributed by atoms with E-state index in [0.29, 0.717) is 31.0 Å². The van der Waals surface area contributed by atoms with Crippen molar-refractivity contribution in [1.29, 1.82) is 0 Å². The number of carbonyl (C=O) groups is 1. The predicted molar refractivity (Wildman–Crippen MR) is 129 cm³/mol. The lowest BCUT2D eigenvalue weighted by Crippen LogP contribution is -2.39. The molecule has 4 rings (SSSR count). The van der Waals surface area contributed by atoms with Crippen molar-refractivity contribution in [2.24, 2.45) is 11.8 Å². The van der Waals surface area contributed by atoms with Crippen molar-refractivity contribution in [2.75, 3.05) is 47.4 Å². The Morgan fingerprint density at radius 1 is 1.06 bits per heavy atom. The van der Waals surface area contributed by atoms with Gasteiger partial charge in [-0.2, -0.15) is 0 Å². The van der Waals surface area contributed by atoms with Gasteiger partial charge in [0.05, 0.1) is 13.7 Å². The number of nitrogens with zero attached hydrogens (tertiary/aromatic N) is 3. The average Bonchev–Trinajstić information content (AvgIpc) is 3.26. The van der Waals surface area contributed by atoms with Crippen LogP contribution in [0.3, 0.4) is 0 Å². The molecule has 1 amide bonds. The van der Waals surface area contributed by atoms with Crippen molar-refractivity contribution in [3.05, 3.63) is 65.5 Å². The summed E-state index contributed by atoms with van der Waals surface area (Å²) in [6, 6.07) is 15.1. The second-order valence-electron chi connectivity index (χ2n) is 8.68. The van der Waals surface area contributed by atoms with Crippen LogP contribution in [0.15, 0.2) is 48.5 Å². The highest BCUT2D eigenvalue weighted by atomic mass is 35.5. The SMILES string of the molecule is COc1ccc([C@H]2[C@@H]3CN(C(=O)CN(C)Cc4ccc(F)cc4)C[C@@H]3CN2C)cc1.Cl.Cl. The van der Waals surface area contributed by atoms with Crippen LogP contribution in [0, 0.1) is 17.7 Å². The van der Waals surface area contributed by atoms with Crippen LogP contribution in [0.4, 0.5) is 4.39 Å². The van der Waals surface area contributed by atoms with Gasteiger partial charge in [-0.25, -0.2) is 4.39 Å². The molecule has 0 saturated carbocycles. The molecular formula is C24H32Cl2FN3O2. The van der Waals surface area contributed by atoms with Gasteiger partial charge in [-0.1, -0.05) is 24.3 Å². The van der Waals surface area contributed by atoms with Crippen LogP contribution in [-0.2, 0) is 11.3 Å². The maximum Gasteiger partial charge on any atom is 0.236 e. The van der Waals surface area contributed by atoms with Gasteiger partial charge < -0.3 is 9.64 Å². The average molecular weight is 484 g/mol. The summed E-state index contributed by atoms with van der Waals surface area (Å²) >= 11 is 0. The zero-order chi connectivity index (χ0) is 21.3. The molecule has 0 radical (unpaired) electrons. The van der Waals surface area contributed by atoms with Gasteiger partial charge in [0.15, 0.2) is 0 Å². The van der Waals surface area contributed by atoms with Crippen molar-refractivity contribution >= 4 is 30.7 Å². The van der Waals surface area contributed by atoms with Crippen molar-refractivity contribution in [3.63, 3.8) is 0 Å². The standard InChI is InChI=1S/C24H30FN3O2.2ClH/c1-26(12-17-4-8-20(25)9-5-17)16-23(29)28-14-19-13-27(2)24(22(19)15-28)18-6-10-21(30-3)11-7-18;;/h4-11,19,22,24H,12-16H2,1-3H3;2*1H/t19-,22+,24-;;/m0../s1. The Kier molecular flexibility index (Phi) is 9.34.